The molecule has 0 saturated carbocycles. The standard InChI is InChI=1S/C18H19N5OS/c1-20-15(10-19)17(21-2)25-23-18(24)22-16-13-7-3-5-11(13)9-12-6-4-8-14(12)16/h9H,1-8H2,(H2,22,23,24)/b17-15+. The van der Waals surface area contributed by atoms with E-state index in [2.05, 4.69) is 39.5 Å². The van der Waals surface area contributed by atoms with Gasteiger partial charge in [-0.2, -0.15) is 5.26 Å². The van der Waals surface area contributed by atoms with Crippen molar-refractivity contribution in [2.45, 2.75) is 38.5 Å². The van der Waals surface area contributed by atoms with Crippen molar-refractivity contribution in [1.29, 1.82) is 5.26 Å². The molecule has 3 rings (SSSR count). The molecule has 0 spiro atoms. The van der Waals surface area contributed by atoms with Gasteiger partial charge in [0, 0.05) is 17.6 Å². The molecular weight excluding hydrogens is 334 g/mol. The lowest BCUT2D eigenvalue weighted by atomic mass is 9.99. The lowest BCUT2D eigenvalue weighted by Crippen LogP contribution is -2.24. The van der Waals surface area contributed by atoms with Crippen LogP contribution in [0.3, 0.4) is 0 Å². The van der Waals surface area contributed by atoms with Crippen LogP contribution in [0.2, 0.25) is 0 Å². The number of rotatable bonds is 5. The third-order valence-corrected chi connectivity index (χ3v) is 5.37. The largest absolute Gasteiger partial charge is 0.329 e. The van der Waals surface area contributed by atoms with Crippen LogP contribution in [-0.4, -0.2) is 19.5 Å². The van der Waals surface area contributed by atoms with Crippen molar-refractivity contribution in [1.82, 2.24) is 4.72 Å². The Balaban J connectivity index is 1.77. The highest BCUT2D eigenvalue weighted by molar-refractivity contribution is 8.01. The molecule has 0 unspecified atom stereocenters. The highest BCUT2D eigenvalue weighted by Crippen LogP contribution is 2.38. The van der Waals surface area contributed by atoms with Crippen LogP contribution in [0.5, 0.6) is 0 Å². The summed E-state index contributed by atoms with van der Waals surface area (Å²) < 4.78 is 2.65. The maximum absolute atomic E-state index is 12.4. The number of anilines is 1. The molecule has 7 heteroatoms. The highest BCUT2D eigenvalue weighted by atomic mass is 32.2. The van der Waals surface area contributed by atoms with Gasteiger partial charge in [0.1, 0.15) is 6.07 Å². The molecule has 1 aromatic carbocycles. The molecule has 0 aromatic heterocycles. The molecule has 0 saturated heterocycles. The van der Waals surface area contributed by atoms with Crippen molar-refractivity contribution < 1.29 is 4.79 Å². The summed E-state index contributed by atoms with van der Waals surface area (Å²) in [6, 6.07) is 3.84. The number of hydrogen-bond acceptors (Lipinski definition) is 5. The molecule has 25 heavy (non-hydrogen) atoms. The number of fused-ring (bicyclic) bond motifs is 2. The predicted octanol–water partition coefficient (Wildman–Crippen LogP) is 3.53. The average Bonchev–Trinajstić information content (AvgIpc) is 3.27. The van der Waals surface area contributed by atoms with Crippen molar-refractivity contribution in [3.8, 4) is 6.07 Å². The van der Waals surface area contributed by atoms with E-state index in [0.717, 1.165) is 56.2 Å². The summed E-state index contributed by atoms with van der Waals surface area (Å²) in [5.74, 6) is 0. The topological polar surface area (TPSA) is 89.6 Å². The first-order valence-corrected chi connectivity index (χ1v) is 8.97. The number of aryl methyl sites for hydroxylation is 2. The van der Waals surface area contributed by atoms with Crippen LogP contribution in [0, 0.1) is 11.3 Å². The van der Waals surface area contributed by atoms with Crippen LogP contribution in [0.4, 0.5) is 10.5 Å². The van der Waals surface area contributed by atoms with E-state index in [1.165, 1.54) is 22.3 Å². The number of aliphatic imine (C=N–C) groups is 2. The second-order valence-corrected chi connectivity index (χ2v) is 6.77. The van der Waals surface area contributed by atoms with Crippen LogP contribution in [0.15, 0.2) is 26.8 Å². The van der Waals surface area contributed by atoms with Gasteiger partial charge < -0.3 is 5.32 Å². The Hall–Kier alpha value is -2.59. The summed E-state index contributed by atoms with van der Waals surface area (Å²) in [5, 5.41) is 12.2. The molecule has 128 valence electrons. The third-order valence-electron chi connectivity index (χ3n) is 4.56. The van der Waals surface area contributed by atoms with Crippen molar-refractivity contribution in [2.75, 3.05) is 5.32 Å². The Morgan fingerprint density at radius 3 is 2.28 bits per heavy atom. The molecule has 0 heterocycles. The first-order valence-electron chi connectivity index (χ1n) is 8.16. The molecule has 0 radical (unpaired) electrons. The fraction of sp³-hybridized carbons (Fsp3) is 0.333. The minimum Gasteiger partial charge on any atom is -0.307 e. The molecule has 0 bridgehead atoms. The molecule has 2 N–H and O–H groups in total. The Morgan fingerprint density at radius 1 is 1.12 bits per heavy atom. The molecule has 2 aliphatic carbocycles. The summed E-state index contributed by atoms with van der Waals surface area (Å²) in [6.45, 7) is 6.71. The van der Waals surface area contributed by atoms with Crippen molar-refractivity contribution >= 4 is 37.1 Å². The van der Waals surface area contributed by atoms with Gasteiger partial charge in [0.25, 0.3) is 0 Å². The number of nitrogens with zero attached hydrogens (tertiary/aromatic N) is 3. The van der Waals surface area contributed by atoms with Gasteiger partial charge in [-0.25, -0.2) is 4.79 Å². The molecule has 6 nitrogen and oxygen atoms in total. The highest BCUT2D eigenvalue weighted by Gasteiger charge is 2.25. The van der Waals surface area contributed by atoms with Gasteiger partial charge >= 0.3 is 6.03 Å². The Morgan fingerprint density at radius 2 is 1.76 bits per heavy atom. The lowest BCUT2D eigenvalue weighted by molar-refractivity contribution is 0.257. The smallest absolute Gasteiger partial charge is 0.307 e. The zero-order valence-corrected chi connectivity index (χ0v) is 14.7. The number of carbonyl (C=O) groups is 1. The van der Waals surface area contributed by atoms with Gasteiger partial charge in [-0.15, -0.1) is 0 Å². The number of nitriles is 1. The van der Waals surface area contributed by atoms with Crippen LogP contribution in [0.25, 0.3) is 0 Å². The van der Waals surface area contributed by atoms with E-state index < -0.39 is 0 Å². The van der Waals surface area contributed by atoms with E-state index in [-0.39, 0.29) is 16.8 Å². The summed E-state index contributed by atoms with van der Waals surface area (Å²) >= 11 is 0.905. The van der Waals surface area contributed by atoms with Gasteiger partial charge in [-0.3, -0.25) is 14.7 Å². The fourth-order valence-corrected chi connectivity index (χ4v) is 4.02. The quantitative estimate of drug-likeness (QED) is 0.482. The number of allylic oxidation sites excluding steroid dienone is 1. The fourth-order valence-electron chi connectivity index (χ4n) is 3.51. The van der Waals surface area contributed by atoms with E-state index in [1.807, 2.05) is 6.07 Å². The number of benzene rings is 1. The predicted molar refractivity (Wildman–Crippen MR) is 102 cm³/mol. The Labute approximate surface area is 151 Å². The van der Waals surface area contributed by atoms with E-state index in [1.54, 1.807) is 0 Å². The molecular formula is C18H19N5OS. The molecule has 0 aliphatic heterocycles. The third kappa shape index (κ3) is 3.44. The summed E-state index contributed by atoms with van der Waals surface area (Å²) in [7, 11) is 0. The maximum Gasteiger partial charge on any atom is 0.329 e. The van der Waals surface area contributed by atoms with Gasteiger partial charge in [0.2, 0.25) is 0 Å². The minimum atomic E-state index is -0.345. The summed E-state index contributed by atoms with van der Waals surface area (Å²) in [6.07, 6.45) is 6.43. The van der Waals surface area contributed by atoms with Gasteiger partial charge in [0.05, 0.1) is 0 Å². The van der Waals surface area contributed by atoms with Gasteiger partial charge in [-0.1, -0.05) is 6.07 Å². The number of amides is 2. The maximum atomic E-state index is 12.4. The summed E-state index contributed by atoms with van der Waals surface area (Å²) in [5.41, 5.74) is 6.26. The Kier molecular flexibility index (Phi) is 5.19. The zero-order chi connectivity index (χ0) is 17.8. The van der Waals surface area contributed by atoms with E-state index in [0.29, 0.717) is 0 Å². The number of carbonyl (C=O) groups excluding carboxylic acids is 1. The molecule has 0 fully saturated rings. The monoisotopic (exact) mass is 353 g/mol. The van der Waals surface area contributed by atoms with E-state index in [9.17, 15) is 4.79 Å². The van der Waals surface area contributed by atoms with Crippen LogP contribution < -0.4 is 10.0 Å². The number of hydrogen-bond donors (Lipinski definition) is 2. The molecule has 2 aliphatic rings. The second-order valence-electron chi connectivity index (χ2n) is 5.97. The Bertz CT molecular complexity index is 789. The lowest BCUT2D eigenvalue weighted by Gasteiger charge is -2.16. The van der Waals surface area contributed by atoms with E-state index in [4.69, 9.17) is 5.26 Å². The van der Waals surface area contributed by atoms with Crippen molar-refractivity contribution in [2.24, 2.45) is 9.98 Å². The SMILES string of the molecule is C=N/C(C#N)=C(\N=C)SNC(=O)Nc1c2c(cc3c1CCC3)CCC2. The van der Waals surface area contributed by atoms with Gasteiger partial charge in [-0.05, 0) is 74.2 Å². The number of urea groups is 1. The first kappa shape index (κ1) is 17.2. The minimum absolute atomic E-state index is 0.0294. The van der Waals surface area contributed by atoms with Crippen LogP contribution in [-0.2, 0) is 25.7 Å². The van der Waals surface area contributed by atoms with Gasteiger partial charge in [0.15, 0.2) is 10.7 Å². The van der Waals surface area contributed by atoms with Crippen molar-refractivity contribution in [3.05, 3.63) is 39.0 Å². The van der Waals surface area contributed by atoms with E-state index >= 15 is 0 Å². The number of nitrogens with one attached hydrogen (secondary N) is 2. The molecule has 1 aromatic rings. The molecule has 0 atom stereocenters. The van der Waals surface area contributed by atoms with Crippen LogP contribution >= 0.6 is 11.9 Å². The second kappa shape index (κ2) is 7.53. The van der Waals surface area contributed by atoms with Crippen molar-refractivity contribution in [3.63, 3.8) is 0 Å². The zero-order valence-electron chi connectivity index (χ0n) is 13.9. The normalized spacial score (nSPS) is 15.5. The first-order chi connectivity index (χ1) is 12.2. The molecule has 2 amide bonds. The van der Waals surface area contributed by atoms with Crippen LogP contribution in [0.1, 0.15) is 35.1 Å². The average molecular weight is 353 g/mol. The summed E-state index contributed by atoms with van der Waals surface area (Å²) in [4.78, 5) is 19.7.